The van der Waals surface area contributed by atoms with Gasteiger partial charge >= 0.3 is 0 Å². The lowest BCUT2D eigenvalue weighted by Gasteiger charge is -2.14. The zero-order chi connectivity index (χ0) is 27.5. The number of ether oxygens (including phenoxy) is 1. The third-order valence-corrected chi connectivity index (χ3v) is 8.80. The summed E-state index contributed by atoms with van der Waals surface area (Å²) >= 11 is 0. The topological polar surface area (TPSA) is 151 Å². The van der Waals surface area contributed by atoms with Crippen LogP contribution in [0.4, 0.5) is 23.1 Å². The molecule has 1 aliphatic rings. The van der Waals surface area contributed by atoms with E-state index in [1.54, 1.807) is 54.7 Å². The van der Waals surface area contributed by atoms with Crippen molar-refractivity contribution in [3.8, 4) is 16.9 Å². The molecule has 4 N–H and O–H groups in total. The first kappa shape index (κ1) is 26.4. The molecule has 0 fully saturated rings. The Morgan fingerprint density at radius 3 is 2.49 bits per heavy atom. The fourth-order valence-corrected chi connectivity index (χ4v) is 6.11. The van der Waals surface area contributed by atoms with E-state index in [0.717, 1.165) is 5.56 Å². The average Bonchev–Trinajstić information content (AvgIpc) is 2.93. The summed E-state index contributed by atoms with van der Waals surface area (Å²) in [6.45, 7) is 0.715. The van der Waals surface area contributed by atoms with Crippen molar-refractivity contribution in [3.05, 3.63) is 79.0 Å². The molecule has 0 aliphatic carbocycles. The molecule has 4 bridgehead atoms. The maximum Gasteiger partial charge on any atom is 0.261 e. The third kappa shape index (κ3) is 6.11. The number of nitrogens with one attached hydrogen (secondary N) is 4. The highest BCUT2D eigenvalue weighted by Crippen LogP contribution is 2.30. The van der Waals surface area contributed by atoms with E-state index >= 15 is 0 Å². The molecule has 0 saturated heterocycles. The molecule has 0 atom stereocenters. The molecule has 11 nitrogen and oxygen atoms in total. The molecule has 202 valence electrons. The minimum absolute atomic E-state index is 0.118. The molecule has 0 saturated carbocycles. The first-order valence-electron chi connectivity index (χ1n) is 12.0. The Kier molecular flexibility index (Phi) is 7.37. The number of hydrogen-bond acceptors (Lipinski definition) is 9. The lowest BCUT2D eigenvalue weighted by Crippen LogP contribution is -2.26. The van der Waals surface area contributed by atoms with Crippen LogP contribution in [0.5, 0.6) is 5.75 Å². The zero-order valence-corrected chi connectivity index (χ0v) is 22.5. The van der Waals surface area contributed by atoms with Crippen molar-refractivity contribution in [2.24, 2.45) is 0 Å². The number of methoxy groups -OCH3 is 1. The van der Waals surface area contributed by atoms with Crippen molar-refractivity contribution < 1.29 is 21.6 Å². The van der Waals surface area contributed by atoms with Gasteiger partial charge in [-0.1, -0.05) is 18.2 Å². The summed E-state index contributed by atoms with van der Waals surface area (Å²) in [5.41, 5.74) is 2.40. The molecule has 39 heavy (non-hydrogen) atoms. The maximum atomic E-state index is 12.8. The Morgan fingerprint density at radius 1 is 0.974 bits per heavy atom. The van der Waals surface area contributed by atoms with Gasteiger partial charge in [0.25, 0.3) is 10.0 Å². The summed E-state index contributed by atoms with van der Waals surface area (Å²) in [6, 6.07) is 19.4. The molecule has 13 heteroatoms. The molecule has 0 radical (unpaired) electrons. The molecular weight excluding hydrogens is 540 g/mol. The molecule has 1 aliphatic heterocycles. The predicted molar refractivity (Wildman–Crippen MR) is 149 cm³/mol. The molecule has 3 aromatic carbocycles. The summed E-state index contributed by atoms with van der Waals surface area (Å²) in [4.78, 5) is 9.30. The van der Waals surface area contributed by atoms with Gasteiger partial charge in [0.2, 0.25) is 16.0 Å². The fourth-order valence-electron chi connectivity index (χ4n) is 3.93. The van der Waals surface area contributed by atoms with E-state index in [9.17, 15) is 16.8 Å². The lowest BCUT2D eigenvalue weighted by atomic mass is 10.1. The standard InChI is InChI=1S/C26H26N6O5S2/c1-37-21-10-12-22(13-11-21)39(35,36)32-19-8-6-18(7-9-19)24-17-28-26-30-20-4-2-5-23(16-20)38(33,34)29-15-3-14-27-25(24)31-26/h2,4-13,16-17,29,32H,3,14-15H2,1H3,(H2,27,28,30,31). The second-order valence-electron chi connectivity index (χ2n) is 8.65. The van der Waals surface area contributed by atoms with Crippen LogP contribution in [0.3, 0.4) is 0 Å². The van der Waals surface area contributed by atoms with Crippen LogP contribution in [0.25, 0.3) is 11.1 Å². The first-order chi connectivity index (χ1) is 18.7. The minimum atomic E-state index is -3.78. The second-order valence-corrected chi connectivity index (χ2v) is 12.1. The highest BCUT2D eigenvalue weighted by molar-refractivity contribution is 7.92. The second kappa shape index (κ2) is 10.9. The fraction of sp³-hybridized carbons (Fsp3) is 0.154. The number of aromatic nitrogens is 2. The molecule has 4 aromatic rings. The smallest absolute Gasteiger partial charge is 0.261 e. The van der Waals surface area contributed by atoms with E-state index in [1.165, 1.54) is 31.4 Å². The van der Waals surface area contributed by atoms with Gasteiger partial charge in [0, 0.05) is 36.2 Å². The molecule has 5 rings (SSSR count). The Morgan fingerprint density at radius 2 is 1.74 bits per heavy atom. The highest BCUT2D eigenvalue weighted by Gasteiger charge is 2.17. The minimum Gasteiger partial charge on any atom is -0.497 e. The van der Waals surface area contributed by atoms with E-state index in [-0.39, 0.29) is 16.3 Å². The predicted octanol–water partition coefficient (Wildman–Crippen LogP) is 3.79. The monoisotopic (exact) mass is 566 g/mol. The summed E-state index contributed by atoms with van der Waals surface area (Å²) in [5, 5.41) is 6.32. The van der Waals surface area contributed by atoms with Crippen LogP contribution in [0.2, 0.25) is 0 Å². The number of sulfonamides is 2. The van der Waals surface area contributed by atoms with Crippen LogP contribution < -0.4 is 24.8 Å². The Hall–Kier alpha value is -4.20. The van der Waals surface area contributed by atoms with Crippen LogP contribution in [0, 0.1) is 0 Å². The van der Waals surface area contributed by atoms with Crippen LogP contribution in [-0.4, -0.2) is 47.0 Å². The number of hydrogen-bond donors (Lipinski definition) is 4. The van der Waals surface area contributed by atoms with Gasteiger partial charge in [-0.05, 0) is 66.6 Å². The molecule has 2 heterocycles. The maximum absolute atomic E-state index is 12.8. The molecule has 0 spiro atoms. The van der Waals surface area contributed by atoms with Gasteiger partial charge in [0.1, 0.15) is 11.6 Å². The average molecular weight is 567 g/mol. The van der Waals surface area contributed by atoms with Gasteiger partial charge < -0.3 is 15.4 Å². The normalized spacial score (nSPS) is 14.9. The van der Waals surface area contributed by atoms with Crippen molar-refractivity contribution in [3.63, 3.8) is 0 Å². The van der Waals surface area contributed by atoms with Crippen molar-refractivity contribution in [1.29, 1.82) is 0 Å². The van der Waals surface area contributed by atoms with E-state index in [2.05, 4.69) is 30.0 Å². The van der Waals surface area contributed by atoms with E-state index < -0.39 is 20.0 Å². The van der Waals surface area contributed by atoms with Crippen molar-refractivity contribution in [1.82, 2.24) is 14.7 Å². The summed E-state index contributed by atoms with van der Waals surface area (Å²) in [7, 11) is -5.90. The number of fused-ring (bicyclic) bond motifs is 4. The van der Waals surface area contributed by atoms with Crippen molar-refractivity contribution in [2.45, 2.75) is 16.2 Å². The van der Waals surface area contributed by atoms with E-state index in [0.29, 0.717) is 47.4 Å². The van der Waals surface area contributed by atoms with Crippen LogP contribution in [0.1, 0.15) is 6.42 Å². The molecular formula is C26H26N6O5S2. The number of benzene rings is 3. The number of rotatable bonds is 5. The van der Waals surface area contributed by atoms with Crippen molar-refractivity contribution >= 4 is 43.2 Å². The summed E-state index contributed by atoms with van der Waals surface area (Å²) < 4.78 is 61.0. The van der Waals surface area contributed by atoms with Crippen LogP contribution in [0.15, 0.2) is 88.8 Å². The van der Waals surface area contributed by atoms with Crippen LogP contribution in [-0.2, 0) is 20.0 Å². The largest absolute Gasteiger partial charge is 0.497 e. The Balaban J connectivity index is 1.39. The summed E-state index contributed by atoms with van der Waals surface area (Å²) in [5.74, 6) is 1.41. The van der Waals surface area contributed by atoms with Gasteiger partial charge in [-0.3, -0.25) is 4.72 Å². The highest BCUT2D eigenvalue weighted by atomic mass is 32.2. The van der Waals surface area contributed by atoms with E-state index in [1.807, 2.05) is 0 Å². The van der Waals surface area contributed by atoms with Gasteiger partial charge in [-0.25, -0.2) is 26.5 Å². The van der Waals surface area contributed by atoms with Gasteiger partial charge in [0.15, 0.2) is 0 Å². The van der Waals surface area contributed by atoms with Gasteiger partial charge in [0.05, 0.1) is 16.9 Å². The lowest BCUT2D eigenvalue weighted by molar-refractivity contribution is 0.414. The van der Waals surface area contributed by atoms with Gasteiger partial charge in [-0.2, -0.15) is 4.98 Å². The molecule has 1 aromatic heterocycles. The Labute approximate surface area is 226 Å². The van der Waals surface area contributed by atoms with Gasteiger partial charge in [-0.15, -0.1) is 0 Å². The van der Waals surface area contributed by atoms with E-state index in [4.69, 9.17) is 4.74 Å². The van der Waals surface area contributed by atoms with Crippen LogP contribution >= 0.6 is 0 Å². The molecule has 0 amide bonds. The summed E-state index contributed by atoms with van der Waals surface area (Å²) in [6.07, 6.45) is 2.18. The number of nitrogens with zero attached hydrogens (tertiary/aromatic N) is 2. The third-order valence-electron chi connectivity index (χ3n) is 5.95. The SMILES string of the molecule is COc1ccc(S(=O)(=O)Nc2ccc(-c3cnc4nc3NCCCNS(=O)(=O)c3cccc(c3)N4)cc2)cc1. The molecule has 0 unspecified atom stereocenters. The quantitative estimate of drug-likeness (QED) is 0.283. The first-order valence-corrected chi connectivity index (χ1v) is 15.0. The Bertz CT molecular complexity index is 1690. The zero-order valence-electron chi connectivity index (χ0n) is 20.9. The number of anilines is 4. The van der Waals surface area contributed by atoms with Crippen molar-refractivity contribution in [2.75, 3.05) is 35.6 Å².